The molecule has 3 aromatic rings. The Labute approximate surface area is 155 Å². The predicted molar refractivity (Wildman–Crippen MR) is 101 cm³/mol. The van der Waals surface area contributed by atoms with Gasteiger partial charge in [0.1, 0.15) is 6.33 Å². The first-order valence-corrected chi connectivity index (χ1v) is 9.64. The lowest BCUT2D eigenvalue weighted by Gasteiger charge is -2.18. The molecule has 1 atom stereocenters. The van der Waals surface area contributed by atoms with Crippen LogP contribution in [0.25, 0.3) is 5.65 Å². The van der Waals surface area contributed by atoms with Gasteiger partial charge in [-0.2, -0.15) is 0 Å². The third kappa shape index (κ3) is 3.80. The highest BCUT2D eigenvalue weighted by Gasteiger charge is 2.26. The van der Waals surface area contributed by atoms with Crippen molar-refractivity contribution in [1.82, 2.24) is 24.9 Å². The molecule has 2 aromatic heterocycles. The Morgan fingerprint density at radius 2 is 2.19 bits per heavy atom. The highest BCUT2D eigenvalue weighted by atomic mass is 32.2. The molecule has 7 nitrogen and oxygen atoms in total. The van der Waals surface area contributed by atoms with Gasteiger partial charge in [0.05, 0.1) is 0 Å². The number of thioether (sulfide) groups is 1. The number of hydrogen-bond acceptors (Lipinski definition) is 6. The summed E-state index contributed by atoms with van der Waals surface area (Å²) in [6, 6.07) is 10.3. The molecule has 1 N–H and O–H groups in total. The first-order chi connectivity index (χ1) is 12.8. The molecule has 0 aliphatic carbocycles. The predicted octanol–water partition coefficient (Wildman–Crippen LogP) is 2.00. The van der Waals surface area contributed by atoms with Crippen LogP contribution in [0, 0.1) is 0 Å². The smallest absolute Gasteiger partial charge is 0.221 e. The second kappa shape index (κ2) is 7.74. The van der Waals surface area contributed by atoms with E-state index in [0.29, 0.717) is 6.42 Å². The molecular formula is C18H20N6OS. The molecule has 0 spiro atoms. The van der Waals surface area contributed by atoms with Crippen molar-refractivity contribution in [2.75, 3.05) is 23.7 Å². The lowest BCUT2D eigenvalue weighted by atomic mass is 10.2. The van der Waals surface area contributed by atoms with E-state index < -0.39 is 0 Å². The van der Waals surface area contributed by atoms with Crippen LogP contribution in [0.15, 0.2) is 53.9 Å². The number of fused-ring (bicyclic) bond motifs is 1. The van der Waals surface area contributed by atoms with E-state index in [1.54, 1.807) is 24.3 Å². The zero-order chi connectivity index (χ0) is 17.8. The number of nitrogens with one attached hydrogen (secondary N) is 1. The van der Waals surface area contributed by atoms with Crippen LogP contribution in [-0.4, -0.2) is 50.4 Å². The maximum absolute atomic E-state index is 12.2. The highest BCUT2D eigenvalue weighted by Crippen LogP contribution is 2.22. The number of amides is 1. The molecule has 1 aliphatic heterocycles. The summed E-state index contributed by atoms with van der Waals surface area (Å²) in [5, 5.41) is 11.2. The SMILES string of the molecule is O=C(CCSc1ccccc1)NC1CCN(c2nccn3cnnc23)C1. The Morgan fingerprint density at radius 3 is 3.08 bits per heavy atom. The monoisotopic (exact) mass is 368 g/mol. The summed E-state index contributed by atoms with van der Waals surface area (Å²) in [6.45, 7) is 1.60. The molecule has 0 saturated carbocycles. The van der Waals surface area contributed by atoms with E-state index in [1.165, 1.54) is 4.90 Å². The maximum Gasteiger partial charge on any atom is 0.221 e. The van der Waals surface area contributed by atoms with Gasteiger partial charge in [0.25, 0.3) is 0 Å². The second-order valence-electron chi connectivity index (χ2n) is 6.22. The topological polar surface area (TPSA) is 75.4 Å². The molecule has 1 fully saturated rings. The van der Waals surface area contributed by atoms with Crippen LogP contribution in [0.3, 0.4) is 0 Å². The Kier molecular flexibility index (Phi) is 5.01. The average molecular weight is 368 g/mol. The molecular weight excluding hydrogens is 348 g/mol. The summed E-state index contributed by atoms with van der Waals surface area (Å²) in [6.07, 6.45) is 6.68. The lowest BCUT2D eigenvalue weighted by Crippen LogP contribution is -2.37. The number of carbonyl (C=O) groups excluding carboxylic acids is 1. The van der Waals surface area contributed by atoms with Gasteiger partial charge >= 0.3 is 0 Å². The van der Waals surface area contributed by atoms with E-state index >= 15 is 0 Å². The van der Waals surface area contributed by atoms with Gasteiger partial charge in [0.15, 0.2) is 5.82 Å². The van der Waals surface area contributed by atoms with Crippen molar-refractivity contribution in [3.05, 3.63) is 49.1 Å². The summed E-state index contributed by atoms with van der Waals surface area (Å²) in [5.41, 5.74) is 0.749. The minimum atomic E-state index is 0.105. The van der Waals surface area contributed by atoms with Crippen molar-refractivity contribution in [2.45, 2.75) is 23.8 Å². The maximum atomic E-state index is 12.2. The highest BCUT2D eigenvalue weighted by molar-refractivity contribution is 7.99. The minimum Gasteiger partial charge on any atom is -0.351 e. The number of benzene rings is 1. The summed E-state index contributed by atoms with van der Waals surface area (Å²) in [5.74, 6) is 1.71. The summed E-state index contributed by atoms with van der Waals surface area (Å²) < 4.78 is 1.86. The Balaban J connectivity index is 1.27. The summed E-state index contributed by atoms with van der Waals surface area (Å²) in [4.78, 5) is 20.0. The number of rotatable bonds is 6. The molecule has 0 bridgehead atoms. The third-order valence-electron chi connectivity index (χ3n) is 4.39. The van der Waals surface area contributed by atoms with Gasteiger partial charge in [-0.15, -0.1) is 22.0 Å². The number of nitrogens with zero attached hydrogens (tertiary/aromatic N) is 5. The molecule has 26 heavy (non-hydrogen) atoms. The molecule has 1 aromatic carbocycles. The normalized spacial score (nSPS) is 16.9. The Bertz CT molecular complexity index is 884. The van der Waals surface area contributed by atoms with Crippen molar-refractivity contribution >= 4 is 29.1 Å². The third-order valence-corrected chi connectivity index (χ3v) is 5.40. The molecule has 1 aliphatic rings. The van der Waals surface area contributed by atoms with E-state index in [2.05, 4.69) is 37.5 Å². The van der Waals surface area contributed by atoms with E-state index in [4.69, 9.17) is 0 Å². The number of hydrogen-bond donors (Lipinski definition) is 1. The van der Waals surface area contributed by atoms with Crippen LogP contribution >= 0.6 is 11.8 Å². The zero-order valence-corrected chi connectivity index (χ0v) is 15.1. The van der Waals surface area contributed by atoms with Crippen molar-refractivity contribution in [2.24, 2.45) is 0 Å². The summed E-state index contributed by atoms with van der Waals surface area (Å²) in [7, 11) is 0. The first-order valence-electron chi connectivity index (χ1n) is 8.66. The molecule has 134 valence electrons. The van der Waals surface area contributed by atoms with Crippen LogP contribution in [0.2, 0.25) is 0 Å². The molecule has 1 unspecified atom stereocenters. The van der Waals surface area contributed by atoms with Gasteiger partial charge in [0.2, 0.25) is 11.6 Å². The van der Waals surface area contributed by atoms with Crippen LogP contribution in [0.1, 0.15) is 12.8 Å². The minimum absolute atomic E-state index is 0.105. The molecule has 8 heteroatoms. The van der Waals surface area contributed by atoms with E-state index in [1.807, 2.05) is 28.8 Å². The second-order valence-corrected chi connectivity index (χ2v) is 7.39. The van der Waals surface area contributed by atoms with Gasteiger partial charge in [0, 0.05) is 48.6 Å². The van der Waals surface area contributed by atoms with Crippen molar-refractivity contribution in [3.63, 3.8) is 0 Å². The Hall–Kier alpha value is -2.61. The fourth-order valence-electron chi connectivity index (χ4n) is 3.12. The van der Waals surface area contributed by atoms with Gasteiger partial charge in [-0.1, -0.05) is 18.2 Å². The zero-order valence-electron chi connectivity index (χ0n) is 14.3. The lowest BCUT2D eigenvalue weighted by molar-refractivity contribution is -0.121. The first kappa shape index (κ1) is 16.8. The van der Waals surface area contributed by atoms with Crippen LogP contribution in [0.5, 0.6) is 0 Å². The van der Waals surface area contributed by atoms with Gasteiger partial charge in [-0.05, 0) is 18.6 Å². The molecule has 4 rings (SSSR count). The van der Waals surface area contributed by atoms with Crippen molar-refractivity contribution in [3.8, 4) is 0 Å². The fourth-order valence-corrected chi connectivity index (χ4v) is 3.99. The quantitative estimate of drug-likeness (QED) is 0.671. The number of aromatic nitrogens is 4. The van der Waals surface area contributed by atoms with E-state index in [-0.39, 0.29) is 11.9 Å². The number of anilines is 1. The van der Waals surface area contributed by atoms with Crippen molar-refractivity contribution in [1.29, 1.82) is 0 Å². The van der Waals surface area contributed by atoms with Crippen LogP contribution in [0.4, 0.5) is 5.82 Å². The van der Waals surface area contributed by atoms with E-state index in [9.17, 15) is 4.79 Å². The van der Waals surface area contributed by atoms with Gasteiger partial charge in [-0.3, -0.25) is 9.20 Å². The Morgan fingerprint density at radius 1 is 1.31 bits per heavy atom. The summed E-state index contributed by atoms with van der Waals surface area (Å²) >= 11 is 1.71. The molecule has 1 amide bonds. The fraction of sp³-hybridized carbons (Fsp3) is 0.333. The van der Waals surface area contributed by atoms with Crippen LogP contribution in [-0.2, 0) is 4.79 Å². The number of carbonyl (C=O) groups is 1. The molecule has 1 saturated heterocycles. The average Bonchev–Trinajstić information content (AvgIpc) is 3.31. The van der Waals surface area contributed by atoms with Gasteiger partial charge < -0.3 is 10.2 Å². The van der Waals surface area contributed by atoms with E-state index in [0.717, 1.165) is 36.7 Å². The molecule has 3 heterocycles. The van der Waals surface area contributed by atoms with Crippen LogP contribution < -0.4 is 10.2 Å². The standard InChI is InChI=1S/C18H20N6OS/c25-16(7-11-26-15-4-2-1-3-5-15)21-14-6-9-23(12-14)17-18-22-20-13-24(18)10-8-19-17/h1-5,8,10,13-14H,6-7,9,11-12H2,(H,21,25). The largest absolute Gasteiger partial charge is 0.351 e. The molecule has 0 radical (unpaired) electrons. The van der Waals surface area contributed by atoms with Gasteiger partial charge in [-0.25, -0.2) is 4.98 Å². The van der Waals surface area contributed by atoms with Crippen molar-refractivity contribution < 1.29 is 4.79 Å².